The third-order valence-corrected chi connectivity index (χ3v) is 8.01. The third kappa shape index (κ3) is 3.76. The number of hydrogen-bond acceptors (Lipinski definition) is 7. The summed E-state index contributed by atoms with van der Waals surface area (Å²) in [4.78, 5) is 26.5. The molecule has 174 valence electrons. The van der Waals surface area contributed by atoms with Crippen LogP contribution >= 0.6 is 0 Å². The van der Waals surface area contributed by atoms with Crippen LogP contribution in [0.1, 0.15) is 22.8 Å². The number of piperazine rings is 1. The van der Waals surface area contributed by atoms with Crippen molar-refractivity contribution in [2.45, 2.75) is 24.8 Å². The van der Waals surface area contributed by atoms with E-state index in [-0.39, 0.29) is 49.7 Å². The van der Waals surface area contributed by atoms with E-state index in [2.05, 4.69) is 5.32 Å². The van der Waals surface area contributed by atoms with Gasteiger partial charge in [-0.3, -0.25) is 9.59 Å². The minimum atomic E-state index is -3.81. The second-order valence-electron chi connectivity index (χ2n) is 8.13. The van der Waals surface area contributed by atoms with Crippen molar-refractivity contribution < 1.29 is 32.2 Å². The van der Waals surface area contributed by atoms with Gasteiger partial charge < -0.3 is 24.4 Å². The van der Waals surface area contributed by atoms with Crippen molar-refractivity contribution in [2.75, 3.05) is 38.3 Å². The molecular formula is C22H23N3O7S. The fourth-order valence-electron chi connectivity index (χ4n) is 4.10. The molecule has 1 fully saturated rings. The molecule has 1 unspecified atom stereocenters. The lowest BCUT2D eigenvalue weighted by atomic mass is 10.1. The predicted octanol–water partition coefficient (Wildman–Crippen LogP) is 1.59. The number of nitrogens with zero attached hydrogens (tertiary/aromatic N) is 2. The molecule has 33 heavy (non-hydrogen) atoms. The van der Waals surface area contributed by atoms with Gasteiger partial charge in [0.25, 0.3) is 11.8 Å². The summed E-state index contributed by atoms with van der Waals surface area (Å²) in [6, 6.07) is 8.07. The number of hydrogen-bond donors (Lipinski definition) is 1. The summed E-state index contributed by atoms with van der Waals surface area (Å²) in [7, 11) is -3.81. The number of carbonyl (C=O) groups excluding carboxylic acids is 2. The number of carbonyl (C=O) groups is 2. The minimum Gasteiger partial charge on any atom is -0.479 e. The zero-order valence-corrected chi connectivity index (χ0v) is 19.0. The van der Waals surface area contributed by atoms with E-state index >= 15 is 0 Å². The molecule has 1 saturated heterocycles. The van der Waals surface area contributed by atoms with Crippen LogP contribution in [-0.2, 0) is 14.8 Å². The molecular weight excluding hydrogens is 450 g/mol. The van der Waals surface area contributed by atoms with Crippen LogP contribution in [0.25, 0.3) is 0 Å². The zero-order chi connectivity index (χ0) is 23.3. The van der Waals surface area contributed by atoms with Crippen molar-refractivity contribution >= 4 is 27.5 Å². The SMILES string of the molecule is Cc1cc2c(cc1S(=O)(=O)N1CCN(C(=O)c3ccc4c(c3)OCO4)CC1)OC(C)C(=O)N2. The average molecular weight is 474 g/mol. The first-order valence-electron chi connectivity index (χ1n) is 10.6. The molecule has 2 aromatic rings. The average Bonchev–Trinajstić information content (AvgIpc) is 3.27. The van der Waals surface area contributed by atoms with Gasteiger partial charge in [0.15, 0.2) is 17.6 Å². The number of rotatable bonds is 3. The number of nitrogens with one attached hydrogen (secondary N) is 1. The highest BCUT2D eigenvalue weighted by Crippen LogP contribution is 2.36. The van der Waals surface area contributed by atoms with E-state index in [4.69, 9.17) is 14.2 Å². The van der Waals surface area contributed by atoms with Gasteiger partial charge in [0.05, 0.1) is 10.6 Å². The number of aryl methyl sites for hydroxylation is 1. The molecule has 1 N–H and O–H groups in total. The standard InChI is InChI=1S/C22H23N3O7S/c1-13-9-16-18(32-14(2)21(26)23-16)11-20(13)33(28,29)25-7-5-24(6-8-25)22(27)15-3-4-17-19(10-15)31-12-30-17/h3-4,9-11,14H,5-8,12H2,1-2H3,(H,23,26). The van der Waals surface area contributed by atoms with Crippen molar-refractivity contribution in [1.82, 2.24) is 9.21 Å². The Bertz CT molecular complexity index is 1250. The van der Waals surface area contributed by atoms with Crippen LogP contribution in [0.4, 0.5) is 5.69 Å². The van der Waals surface area contributed by atoms with Crippen molar-refractivity contribution in [2.24, 2.45) is 0 Å². The van der Waals surface area contributed by atoms with E-state index < -0.39 is 16.1 Å². The van der Waals surface area contributed by atoms with Gasteiger partial charge in [0.1, 0.15) is 5.75 Å². The van der Waals surface area contributed by atoms with E-state index in [9.17, 15) is 18.0 Å². The van der Waals surface area contributed by atoms with Crippen molar-refractivity contribution in [3.63, 3.8) is 0 Å². The lowest BCUT2D eigenvalue weighted by Gasteiger charge is -2.34. The first kappa shape index (κ1) is 21.5. The van der Waals surface area contributed by atoms with E-state index in [1.54, 1.807) is 43.0 Å². The van der Waals surface area contributed by atoms with Crippen molar-refractivity contribution in [1.29, 1.82) is 0 Å². The van der Waals surface area contributed by atoms with Gasteiger partial charge in [0.2, 0.25) is 16.8 Å². The first-order chi connectivity index (χ1) is 15.7. The molecule has 2 amide bonds. The molecule has 0 spiro atoms. The summed E-state index contributed by atoms with van der Waals surface area (Å²) in [6.45, 7) is 4.27. The molecule has 1 atom stereocenters. The van der Waals surface area contributed by atoms with Crippen LogP contribution in [0.3, 0.4) is 0 Å². The molecule has 0 bridgehead atoms. The number of amides is 2. The fourth-order valence-corrected chi connectivity index (χ4v) is 5.75. The summed E-state index contributed by atoms with van der Waals surface area (Å²) < 4.78 is 44.3. The molecule has 0 aromatic heterocycles. The molecule has 10 nitrogen and oxygen atoms in total. The quantitative estimate of drug-likeness (QED) is 0.720. The molecule has 3 heterocycles. The van der Waals surface area contributed by atoms with Gasteiger partial charge in [-0.1, -0.05) is 0 Å². The van der Waals surface area contributed by atoms with Gasteiger partial charge in [0, 0.05) is 37.8 Å². The Morgan fingerprint density at radius 3 is 2.52 bits per heavy atom. The van der Waals surface area contributed by atoms with E-state index in [0.29, 0.717) is 34.1 Å². The monoisotopic (exact) mass is 473 g/mol. The lowest BCUT2D eigenvalue weighted by Crippen LogP contribution is -2.50. The van der Waals surface area contributed by atoms with Gasteiger partial charge in [-0.2, -0.15) is 4.31 Å². The predicted molar refractivity (Wildman–Crippen MR) is 117 cm³/mol. The van der Waals surface area contributed by atoms with Crippen LogP contribution in [0.5, 0.6) is 17.2 Å². The molecule has 0 saturated carbocycles. The van der Waals surface area contributed by atoms with Crippen LogP contribution in [-0.4, -0.2) is 68.5 Å². The highest BCUT2D eigenvalue weighted by Gasteiger charge is 2.34. The summed E-state index contributed by atoms with van der Waals surface area (Å²) >= 11 is 0. The van der Waals surface area contributed by atoms with Gasteiger partial charge in [-0.25, -0.2) is 8.42 Å². The van der Waals surface area contributed by atoms with Crippen LogP contribution in [0.2, 0.25) is 0 Å². The zero-order valence-electron chi connectivity index (χ0n) is 18.2. The molecule has 2 aromatic carbocycles. The highest BCUT2D eigenvalue weighted by molar-refractivity contribution is 7.89. The fraction of sp³-hybridized carbons (Fsp3) is 0.364. The number of ether oxygens (including phenoxy) is 3. The van der Waals surface area contributed by atoms with E-state index in [1.807, 2.05) is 0 Å². The first-order valence-corrected chi connectivity index (χ1v) is 12.0. The van der Waals surface area contributed by atoms with Gasteiger partial charge in [-0.05, 0) is 43.7 Å². The third-order valence-electron chi connectivity index (χ3n) is 5.97. The molecule has 5 rings (SSSR count). The smallest absolute Gasteiger partial charge is 0.265 e. The van der Waals surface area contributed by atoms with Gasteiger partial charge in [-0.15, -0.1) is 0 Å². The highest BCUT2D eigenvalue weighted by atomic mass is 32.2. The second kappa shape index (κ2) is 7.92. The van der Waals surface area contributed by atoms with Crippen LogP contribution < -0.4 is 19.5 Å². The molecule has 0 aliphatic carbocycles. The Labute approximate surface area is 191 Å². The second-order valence-corrected chi connectivity index (χ2v) is 10.0. The maximum absolute atomic E-state index is 13.4. The Hall–Kier alpha value is -3.31. The summed E-state index contributed by atoms with van der Waals surface area (Å²) in [6.07, 6.45) is -0.707. The number of fused-ring (bicyclic) bond motifs is 2. The maximum Gasteiger partial charge on any atom is 0.265 e. The van der Waals surface area contributed by atoms with Crippen LogP contribution in [0, 0.1) is 6.92 Å². The summed E-state index contributed by atoms with van der Waals surface area (Å²) in [5, 5.41) is 2.72. The Kier molecular flexibility index (Phi) is 5.17. The minimum absolute atomic E-state index is 0.125. The van der Waals surface area contributed by atoms with Crippen molar-refractivity contribution in [3.8, 4) is 17.2 Å². The largest absolute Gasteiger partial charge is 0.479 e. The number of sulfonamides is 1. The normalized spacial score (nSPS) is 20.1. The molecule has 3 aliphatic heterocycles. The van der Waals surface area contributed by atoms with Crippen molar-refractivity contribution in [3.05, 3.63) is 41.5 Å². The van der Waals surface area contributed by atoms with E-state index in [1.165, 1.54) is 10.4 Å². The number of benzene rings is 2. The van der Waals surface area contributed by atoms with E-state index in [0.717, 1.165) is 0 Å². The summed E-state index contributed by atoms with van der Waals surface area (Å²) in [5.74, 6) is 0.982. The summed E-state index contributed by atoms with van der Waals surface area (Å²) in [5.41, 5.74) is 1.43. The Balaban J connectivity index is 1.31. The molecule has 3 aliphatic rings. The lowest BCUT2D eigenvalue weighted by molar-refractivity contribution is -0.122. The Morgan fingerprint density at radius 1 is 1.03 bits per heavy atom. The van der Waals surface area contributed by atoms with Gasteiger partial charge >= 0.3 is 0 Å². The molecule has 0 radical (unpaired) electrons. The van der Waals surface area contributed by atoms with Crippen LogP contribution in [0.15, 0.2) is 35.2 Å². The Morgan fingerprint density at radius 2 is 1.76 bits per heavy atom. The molecule has 11 heteroatoms. The number of anilines is 1. The topological polar surface area (TPSA) is 114 Å². The maximum atomic E-state index is 13.4.